The van der Waals surface area contributed by atoms with E-state index in [1.54, 1.807) is 33.2 Å². The topological polar surface area (TPSA) is 36.4 Å². The van der Waals surface area contributed by atoms with Crippen molar-refractivity contribution in [1.29, 1.82) is 0 Å². The summed E-state index contributed by atoms with van der Waals surface area (Å²) in [5.74, 6) is 0. The van der Waals surface area contributed by atoms with Gasteiger partial charge in [-0.15, -0.1) is 0 Å². The molecule has 1 N–H and O–H groups in total. The molecule has 0 bridgehead atoms. The number of aromatic nitrogens is 1. The number of aliphatic hydroxyl groups is 1. The summed E-state index contributed by atoms with van der Waals surface area (Å²) in [5.41, 5.74) is 0.685. The molecule has 80 valence electrons. The van der Waals surface area contributed by atoms with Crippen molar-refractivity contribution in [3.63, 3.8) is 0 Å². The molecule has 1 heterocycles. The van der Waals surface area contributed by atoms with E-state index in [1.165, 1.54) is 5.69 Å². The number of pyridine rings is 1. The highest BCUT2D eigenvalue weighted by Gasteiger charge is 1.97. The predicted molar refractivity (Wildman–Crippen MR) is 60.5 cm³/mol. The zero-order valence-corrected chi connectivity index (χ0v) is 9.65. The molecule has 0 amide bonds. The smallest absolute Gasteiger partial charge is 0.0563 e. The first kappa shape index (κ1) is 12.9. The molecule has 3 heteroatoms. The Kier molecular flexibility index (Phi) is 5.16. The second-order valence-corrected chi connectivity index (χ2v) is 4.27. The van der Waals surface area contributed by atoms with Gasteiger partial charge in [0.2, 0.25) is 0 Å². The van der Waals surface area contributed by atoms with Gasteiger partial charge in [0, 0.05) is 32.2 Å². The third-order valence-electron chi connectivity index (χ3n) is 1.18. The standard InChI is InChI=1S/C7H10N2.C4H10O/c1-9(2)7-3-5-8-6-4-7;1-4(2,3)5/h3-6H,1-2H3;5H,1-3H3. The van der Waals surface area contributed by atoms with Crippen molar-refractivity contribution in [3.8, 4) is 0 Å². The van der Waals surface area contributed by atoms with Gasteiger partial charge in [0.15, 0.2) is 0 Å². The van der Waals surface area contributed by atoms with Crippen LogP contribution in [0.4, 0.5) is 5.69 Å². The fourth-order valence-corrected chi connectivity index (χ4v) is 0.642. The van der Waals surface area contributed by atoms with Gasteiger partial charge in [-0.25, -0.2) is 0 Å². The third-order valence-corrected chi connectivity index (χ3v) is 1.18. The lowest BCUT2D eigenvalue weighted by Crippen LogP contribution is -2.10. The number of nitrogens with zero attached hydrogens (tertiary/aromatic N) is 2. The highest BCUT2D eigenvalue weighted by Crippen LogP contribution is 2.05. The zero-order chi connectivity index (χ0) is 11.2. The van der Waals surface area contributed by atoms with E-state index in [9.17, 15) is 0 Å². The Balaban J connectivity index is 0.000000292. The van der Waals surface area contributed by atoms with E-state index >= 15 is 0 Å². The maximum absolute atomic E-state index is 8.52. The average Bonchev–Trinajstić information content (AvgIpc) is 2.03. The van der Waals surface area contributed by atoms with Gasteiger partial charge in [0.1, 0.15) is 0 Å². The molecule has 0 aromatic carbocycles. The van der Waals surface area contributed by atoms with Gasteiger partial charge in [0.05, 0.1) is 5.60 Å². The van der Waals surface area contributed by atoms with Crippen LogP contribution in [0.3, 0.4) is 0 Å². The first-order valence-corrected chi connectivity index (χ1v) is 4.60. The summed E-state index contributed by atoms with van der Waals surface area (Å²) in [6.07, 6.45) is 3.57. The monoisotopic (exact) mass is 196 g/mol. The second kappa shape index (κ2) is 5.60. The fraction of sp³-hybridized carbons (Fsp3) is 0.545. The lowest BCUT2D eigenvalue weighted by molar-refractivity contribution is 0.102. The predicted octanol–water partition coefficient (Wildman–Crippen LogP) is 1.92. The van der Waals surface area contributed by atoms with E-state index in [0.29, 0.717) is 0 Å². The van der Waals surface area contributed by atoms with Crippen LogP contribution in [0.5, 0.6) is 0 Å². The first-order chi connectivity index (χ1) is 6.30. The zero-order valence-electron chi connectivity index (χ0n) is 9.65. The molecular weight excluding hydrogens is 176 g/mol. The van der Waals surface area contributed by atoms with Crippen LogP contribution in [0, 0.1) is 0 Å². The Bertz CT molecular complexity index is 233. The van der Waals surface area contributed by atoms with Gasteiger partial charge in [-0.3, -0.25) is 4.98 Å². The van der Waals surface area contributed by atoms with E-state index in [1.807, 2.05) is 31.1 Å². The molecule has 1 aromatic rings. The summed E-state index contributed by atoms with van der Waals surface area (Å²) in [4.78, 5) is 5.94. The summed E-state index contributed by atoms with van der Waals surface area (Å²) in [6, 6.07) is 3.94. The molecule has 0 radical (unpaired) electrons. The van der Waals surface area contributed by atoms with Crippen molar-refractivity contribution >= 4 is 5.69 Å². The molecule has 1 rings (SSSR count). The van der Waals surface area contributed by atoms with Gasteiger partial charge in [-0.2, -0.15) is 0 Å². The van der Waals surface area contributed by atoms with Gasteiger partial charge in [-0.05, 0) is 32.9 Å². The van der Waals surface area contributed by atoms with Crippen LogP contribution in [0.2, 0.25) is 0 Å². The quantitative estimate of drug-likeness (QED) is 0.745. The molecule has 0 spiro atoms. The number of hydrogen-bond donors (Lipinski definition) is 1. The van der Waals surface area contributed by atoms with E-state index < -0.39 is 5.60 Å². The van der Waals surface area contributed by atoms with E-state index in [0.717, 1.165) is 0 Å². The molecule has 14 heavy (non-hydrogen) atoms. The summed E-state index contributed by atoms with van der Waals surface area (Å²) in [6.45, 7) is 5.23. The molecule has 0 aliphatic rings. The molecule has 0 unspecified atom stereocenters. The highest BCUT2D eigenvalue weighted by molar-refractivity contribution is 5.42. The van der Waals surface area contributed by atoms with Crippen LogP contribution < -0.4 is 4.90 Å². The fourth-order valence-electron chi connectivity index (χ4n) is 0.642. The van der Waals surface area contributed by atoms with Crippen molar-refractivity contribution < 1.29 is 5.11 Å². The van der Waals surface area contributed by atoms with E-state index in [4.69, 9.17) is 5.11 Å². The summed E-state index contributed by atoms with van der Waals surface area (Å²) >= 11 is 0. The Hall–Kier alpha value is -1.09. The Morgan fingerprint density at radius 3 is 1.71 bits per heavy atom. The van der Waals surface area contributed by atoms with Gasteiger partial charge >= 0.3 is 0 Å². The van der Waals surface area contributed by atoms with Crippen molar-refractivity contribution in [2.24, 2.45) is 0 Å². The number of rotatable bonds is 1. The van der Waals surface area contributed by atoms with Crippen LogP contribution in [0.25, 0.3) is 0 Å². The first-order valence-electron chi connectivity index (χ1n) is 4.60. The van der Waals surface area contributed by atoms with E-state index in [-0.39, 0.29) is 0 Å². The second-order valence-electron chi connectivity index (χ2n) is 4.27. The maximum Gasteiger partial charge on any atom is 0.0563 e. The minimum atomic E-state index is -0.500. The van der Waals surface area contributed by atoms with Crippen molar-refractivity contribution in [2.45, 2.75) is 26.4 Å². The molecule has 1 aromatic heterocycles. The molecule has 0 saturated heterocycles. The molecule has 3 nitrogen and oxygen atoms in total. The maximum atomic E-state index is 8.52. The van der Waals surface area contributed by atoms with Gasteiger partial charge in [-0.1, -0.05) is 0 Å². The number of hydrogen-bond acceptors (Lipinski definition) is 3. The molecule has 0 saturated carbocycles. The van der Waals surface area contributed by atoms with Crippen LogP contribution in [0.15, 0.2) is 24.5 Å². The van der Waals surface area contributed by atoms with Crippen molar-refractivity contribution in [3.05, 3.63) is 24.5 Å². The Labute approximate surface area is 86.4 Å². The minimum Gasteiger partial charge on any atom is -0.391 e. The summed E-state index contributed by atoms with van der Waals surface area (Å²) < 4.78 is 0. The third kappa shape index (κ3) is 9.00. The molecule has 0 fully saturated rings. The minimum absolute atomic E-state index is 0.500. The van der Waals surface area contributed by atoms with Crippen LogP contribution in [-0.4, -0.2) is 29.8 Å². The van der Waals surface area contributed by atoms with Crippen molar-refractivity contribution in [2.75, 3.05) is 19.0 Å². The van der Waals surface area contributed by atoms with Crippen LogP contribution in [-0.2, 0) is 0 Å². The molecule has 0 aliphatic carbocycles. The largest absolute Gasteiger partial charge is 0.391 e. The molecule has 0 atom stereocenters. The number of anilines is 1. The normalized spacial score (nSPS) is 10.1. The van der Waals surface area contributed by atoms with E-state index in [2.05, 4.69) is 4.98 Å². The van der Waals surface area contributed by atoms with Crippen LogP contribution >= 0.6 is 0 Å². The molecular formula is C11H20N2O. The SMILES string of the molecule is CC(C)(C)O.CN(C)c1ccncc1. The lowest BCUT2D eigenvalue weighted by Gasteiger charge is -2.10. The Morgan fingerprint density at radius 1 is 1.14 bits per heavy atom. The van der Waals surface area contributed by atoms with Gasteiger partial charge < -0.3 is 10.0 Å². The Morgan fingerprint density at radius 2 is 1.50 bits per heavy atom. The summed E-state index contributed by atoms with van der Waals surface area (Å²) in [7, 11) is 4.02. The summed E-state index contributed by atoms with van der Waals surface area (Å²) in [5, 5.41) is 8.52. The van der Waals surface area contributed by atoms with Crippen LogP contribution in [0.1, 0.15) is 20.8 Å². The van der Waals surface area contributed by atoms with Crippen molar-refractivity contribution in [1.82, 2.24) is 4.98 Å². The van der Waals surface area contributed by atoms with Gasteiger partial charge in [0.25, 0.3) is 0 Å². The average molecular weight is 196 g/mol. The molecule has 0 aliphatic heterocycles. The highest BCUT2D eigenvalue weighted by atomic mass is 16.3. The lowest BCUT2D eigenvalue weighted by atomic mass is 10.2.